The van der Waals surface area contributed by atoms with Crippen molar-refractivity contribution in [1.29, 1.82) is 0 Å². The summed E-state index contributed by atoms with van der Waals surface area (Å²) in [5.74, 6) is 0.649. The molecule has 2 aromatic heterocycles. The van der Waals surface area contributed by atoms with Crippen LogP contribution in [0.3, 0.4) is 0 Å². The van der Waals surface area contributed by atoms with Gasteiger partial charge >= 0.3 is 0 Å². The van der Waals surface area contributed by atoms with Crippen LogP contribution >= 0.6 is 15.9 Å². The smallest absolute Gasteiger partial charge is 0.139 e. The van der Waals surface area contributed by atoms with Gasteiger partial charge in [-0.05, 0) is 34.0 Å². The van der Waals surface area contributed by atoms with E-state index in [1.165, 1.54) is 5.39 Å². The van der Waals surface area contributed by atoms with Crippen molar-refractivity contribution >= 4 is 27.0 Å². The molecule has 0 aliphatic heterocycles. The number of halogens is 1. The molecule has 0 saturated heterocycles. The normalized spacial score (nSPS) is 11.4. The molecule has 14 heavy (non-hydrogen) atoms. The third kappa shape index (κ3) is 1.82. The van der Waals surface area contributed by atoms with Gasteiger partial charge in [-0.15, -0.1) is 0 Å². The van der Waals surface area contributed by atoms with Crippen molar-refractivity contribution in [3.8, 4) is 0 Å². The Morgan fingerprint density at radius 2 is 2.29 bits per heavy atom. The molecule has 0 aromatic carbocycles. The van der Waals surface area contributed by atoms with E-state index in [2.05, 4.69) is 57.7 Å². The van der Waals surface area contributed by atoms with Crippen LogP contribution in [0.15, 0.2) is 29.0 Å². The van der Waals surface area contributed by atoms with Crippen LogP contribution in [-0.4, -0.2) is 9.55 Å². The van der Waals surface area contributed by atoms with E-state index < -0.39 is 0 Å². The maximum Gasteiger partial charge on any atom is 0.139 e. The zero-order valence-electron chi connectivity index (χ0n) is 8.37. The Bertz CT molecular complexity index is 445. The van der Waals surface area contributed by atoms with Gasteiger partial charge in [-0.3, -0.25) is 0 Å². The Labute approximate surface area is 92.1 Å². The van der Waals surface area contributed by atoms with Crippen LogP contribution in [0.2, 0.25) is 0 Å². The number of pyridine rings is 1. The molecule has 2 heterocycles. The van der Waals surface area contributed by atoms with Crippen LogP contribution in [-0.2, 0) is 6.54 Å². The molecule has 0 aliphatic carbocycles. The molecule has 0 N–H and O–H groups in total. The number of nitrogens with zero attached hydrogens (tertiary/aromatic N) is 2. The van der Waals surface area contributed by atoms with E-state index in [1.807, 2.05) is 6.20 Å². The maximum atomic E-state index is 4.41. The van der Waals surface area contributed by atoms with Crippen LogP contribution in [0, 0.1) is 5.92 Å². The zero-order valence-corrected chi connectivity index (χ0v) is 9.95. The molecule has 0 saturated carbocycles. The van der Waals surface area contributed by atoms with Crippen LogP contribution < -0.4 is 0 Å². The molecule has 2 rings (SSSR count). The van der Waals surface area contributed by atoms with Gasteiger partial charge in [0.1, 0.15) is 5.65 Å². The second kappa shape index (κ2) is 3.73. The minimum atomic E-state index is 0.649. The van der Waals surface area contributed by atoms with Crippen molar-refractivity contribution in [3.05, 3.63) is 29.0 Å². The molecule has 0 radical (unpaired) electrons. The lowest BCUT2D eigenvalue weighted by molar-refractivity contribution is 0.533. The quantitative estimate of drug-likeness (QED) is 0.801. The number of hydrogen-bond acceptors (Lipinski definition) is 1. The molecule has 0 fully saturated rings. The average Bonchev–Trinajstić information content (AvgIpc) is 2.47. The molecule has 0 unspecified atom stereocenters. The van der Waals surface area contributed by atoms with E-state index in [0.717, 1.165) is 16.7 Å². The first-order valence-electron chi connectivity index (χ1n) is 4.77. The van der Waals surface area contributed by atoms with Gasteiger partial charge < -0.3 is 4.57 Å². The van der Waals surface area contributed by atoms with Crippen molar-refractivity contribution < 1.29 is 0 Å². The highest BCUT2D eigenvalue weighted by atomic mass is 79.9. The van der Waals surface area contributed by atoms with Crippen LogP contribution in [0.5, 0.6) is 0 Å². The molecule has 0 spiro atoms. The SMILES string of the molecule is CC(C)Cn1ccc2cc(Br)cnc21. The van der Waals surface area contributed by atoms with Gasteiger partial charge in [0.15, 0.2) is 0 Å². The topological polar surface area (TPSA) is 17.8 Å². The highest BCUT2D eigenvalue weighted by molar-refractivity contribution is 9.10. The number of hydrogen-bond donors (Lipinski definition) is 0. The highest BCUT2D eigenvalue weighted by Gasteiger charge is 2.03. The van der Waals surface area contributed by atoms with Gasteiger partial charge in [-0.1, -0.05) is 13.8 Å². The van der Waals surface area contributed by atoms with Gasteiger partial charge in [0.05, 0.1) is 0 Å². The summed E-state index contributed by atoms with van der Waals surface area (Å²) in [7, 11) is 0. The van der Waals surface area contributed by atoms with Crippen LogP contribution in [0.4, 0.5) is 0 Å². The van der Waals surface area contributed by atoms with E-state index in [-0.39, 0.29) is 0 Å². The molecule has 0 aliphatic rings. The maximum absolute atomic E-state index is 4.41. The summed E-state index contributed by atoms with van der Waals surface area (Å²) in [6.45, 7) is 5.45. The predicted molar refractivity (Wildman–Crippen MR) is 62.3 cm³/mol. The van der Waals surface area contributed by atoms with E-state index >= 15 is 0 Å². The van der Waals surface area contributed by atoms with Gasteiger partial charge in [0.25, 0.3) is 0 Å². The number of aromatic nitrogens is 2. The standard InChI is InChI=1S/C11H13BrN2/c1-8(2)7-14-4-3-9-5-10(12)6-13-11(9)14/h3-6,8H,7H2,1-2H3. The second-order valence-corrected chi connectivity index (χ2v) is 4.84. The number of fused-ring (bicyclic) bond motifs is 1. The van der Waals surface area contributed by atoms with Crippen LogP contribution in [0.25, 0.3) is 11.0 Å². The van der Waals surface area contributed by atoms with Crippen LogP contribution in [0.1, 0.15) is 13.8 Å². The minimum absolute atomic E-state index is 0.649. The summed E-state index contributed by atoms with van der Waals surface area (Å²) in [6, 6.07) is 4.20. The van der Waals surface area contributed by atoms with Gasteiger partial charge in [-0.2, -0.15) is 0 Å². The van der Waals surface area contributed by atoms with Crippen molar-refractivity contribution in [1.82, 2.24) is 9.55 Å². The lowest BCUT2D eigenvalue weighted by atomic mass is 10.2. The molecule has 74 valence electrons. The van der Waals surface area contributed by atoms with Gasteiger partial charge in [-0.25, -0.2) is 4.98 Å². The predicted octanol–water partition coefficient (Wildman–Crippen LogP) is 3.45. The summed E-state index contributed by atoms with van der Waals surface area (Å²) >= 11 is 3.42. The average molecular weight is 253 g/mol. The summed E-state index contributed by atoms with van der Waals surface area (Å²) < 4.78 is 3.24. The lowest BCUT2D eigenvalue weighted by Crippen LogP contribution is -2.03. The third-order valence-electron chi connectivity index (χ3n) is 2.13. The Hall–Kier alpha value is -0.830. The van der Waals surface area contributed by atoms with Crippen molar-refractivity contribution in [2.75, 3.05) is 0 Å². The Morgan fingerprint density at radius 1 is 1.50 bits per heavy atom. The molecule has 0 atom stereocenters. The van der Waals surface area contributed by atoms with E-state index in [4.69, 9.17) is 0 Å². The summed E-state index contributed by atoms with van der Waals surface area (Å²) in [6.07, 6.45) is 3.95. The fourth-order valence-electron chi connectivity index (χ4n) is 1.59. The van der Waals surface area contributed by atoms with E-state index in [0.29, 0.717) is 5.92 Å². The Morgan fingerprint density at radius 3 is 3.00 bits per heavy atom. The number of rotatable bonds is 2. The first-order chi connectivity index (χ1) is 6.66. The van der Waals surface area contributed by atoms with Gasteiger partial charge in [0.2, 0.25) is 0 Å². The van der Waals surface area contributed by atoms with Crippen molar-refractivity contribution in [3.63, 3.8) is 0 Å². The molecule has 0 amide bonds. The first-order valence-corrected chi connectivity index (χ1v) is 5.56. The summed E-state index contributed by atoms with van der Waals surface area (Å²) in [5.41, 5.74) is 1.07. The van der Waals surface area contributed by atoms with E-state index in [9.17, 15) is 0 Å². The largest absolute Gasteiger partial charge is 0.332 e. The molecular formula is C11H13BrN2. The molecular weight excluding hydrogens is 240 g/mol. The zero-order chi connectivity index (χ0) is 10.1. The lowest BCUT2D eigenvalue weighted by Gasteiger charge is -2.07. The molecule has 0 bridgehead atoms. The first kappa shape index (κ1) is 9.71. The van der Waals surface area contributed by atoms with Gasteiger partial charge in [0, 0.05) is 28.8 Å². The fraction of sp³-hybridized carbons (Fsp3) is 0.364. The van der Waals surface area contributed by atoms with E-state index in [1.54, 1.807) is 0 Å². The van der Waals surface area contributed by atoms with Crippen molar-refractivity contribution in [2.45, 2.75) is 20.4 Å². The summed E-state index contributed by atoms with van der Waals surface area (Å²) in [4.78, 5) is 4.41. The van der Waals surface area contributed by atoms with Crippen molar-refractivity contribution in [2.24, 2.45) is 5.92 Å². The molecule has 2 aromatic rings. The third-order valence-corrected chi connectivity index (χ3v) is 2.56. The Balaban J connectivity index is 2.47. The molecule has 3 heteroatoms. The fourth-order valence-corrected chi connectivity index (χ4v) is 1.94. The molecule has 2 nitrogen and oxygen atoms in total. The monoisotopic (exact) mass is 252 g/mol. The second-order valence-electron chi connectivity index (χ2n) is 3.93. The summed E-state index contributed by atoms with van der Waals surface area (Å²) in [5, 5.41) is 1.19. The highest BCUT2D eigenvalue weighted by Crippen LogP contribution is 2.18. The Kier molecular flexibility index (Phi) is 2.59. The minimum Gasteiger partial charge on any atom is -0.332 e.